The number of benzene rings is 2. The Morgan fingerprint density at radius 3 is 2.63 bits per heavy atom. The second kappa shape index (κ2) is 8.83. The molecular weight excluding hydrogens is 387 g/mol. The van der Waals surface area contributed by atoms with Crippen LogP contribution in [0.15, 0.2) is 54.9 Å². The molecule has 0 aliphatic heterocycles. The van der Waals surface area contributed by atoms with Crippen LogP contribution in [0.4, 0.5) is 15.8 Å². The van der Waals surface area contributed by atoms with Crippen LogP contribution < -0.4 is 15.4 Å². The summed E-state index contributed by atoms with van der Waals surface area (Å²) in [5.41, 5.74) is 1.91. The molecule has 1 heterocycles. The number of aromatic nitrogens is 2. The van der Waals surface area contributed by atoms with Gasteiger partial charge in [-0.25, -0.2) is 4.39 Å². The maximum absolute atomic E-state index is 13.9. The van der Waals surface area contributed by atoms with Crippen LogP contribution in [0.25, 0.3) is 0 Å². The lowest BCUT2D eigenvalue weighted by atomic mass is 10.2. The molecule has 5 nitrogen and oxygen atoms in total. The fraction of sp³-hybridized carbons (Fsp3) is 0.158. The Kier molecular flexibility index (Phi) is 6.26. The van der Waals surface area contributed by atoms with Crippen molar-refractivity contribution >= 4 is 40.3 Å². The van der Waals surface area contributed by atoms with Crippen molar-refractivity contribution in [3.8, 4) is 5.75 Å². The van der Waals surface area contributed by atoms with E-state index < -0.39 is 0 Å². The average Bonchev–Trinajstić information content (AvgIpc) is 3.07. The molecule has 3 rings (SSSR count). The molecule has 0 atom stereocenters. The topological polar surface area (TPSA) is 51.1 Å². The first kappa shape index (κ1) is 19.1. The van der Waals surface area contributed by atoms with E-state index in [4.69, 9.17) is 28.6 Å². The molecule has 0 bridgehead atoms. The highest BCUT2D eigenvalue weighted by atomic mass is 35.5. The van der Waals surface area contributed by atoms with Crippen molar-refractivity contribution in [2.24, 2.45) is 0 Å². The first-order chi connectivity index (χ1) is 13.0. The zero-order valence-corrected chi connectivity index (χ0v) is 16.1. The van der Waals surface area contributed by atoms with Crippen molar-refractivity contribution in [1.29, 1.82) is 0 Å². The van der Waals surface area contributed by atoms with Gasteiger partial charge in [0.25, 0.3) is 0 Å². The van der Waals surface area contributed by atoms with Crippen molar-refractivity contribution in [3.63, 3.8) is 0 Å². The summed E-state index contributed by atoms with van der Waals surface area (Å²) in [6.45, 7) is 2.78. The fourth-order valence-corrected chi connectivity index (χ4v) is 2.91. The van der Waals surface area contributed by atoms with E-state index in [-0.39, 0.29) is 12.4 Å². The molecule has 0 unspecified atom stereocenters. The van der Waals surface area contributed by atoms with Crippen LogP contribution in [0.5, 0.6) is 5.75 Å². The third kappa shape index (κ3) is 5.18. The SMILES string of the molecule is CCOc1ccc(NC(=S)Nc2cnn(Cc3c(F)cccc3Cl)c2)cc1. The summed E-state index contributed by atoms with van der Waals surface area (Å²) in [5.74, 6) is 0.440. The van der Waals surface area contributed by atoms with Gasteiger partial charge in [-0.1, -0.05) is 17.7 Å². The Morgan fingerprint density at radius 1 is 1.19 bits per heavy atom. The van der Waals surface area contributed by atoms with Gasteiger partial charge < -0.3 is 15.4 Å². The van der Waals surface area contributed by atoms with E-state index in [9.17, 15) is 4.39 Å². The second-order valence-electron chi connectivity index (χ2n) is 5.66. The quantitative estimate of drug-likeness (QED) is 0.570. The van der Waals surface area contributed by atoms with E-state index in [1.54, 1.807) is 29.2 Å². The van der Waals surface area contributed by atoms with E-state index in [0.29, 0.717) is 28.0 Å². The molecule has 8 heteroatoms. The van der Waals surface area contributed by atoms with Crippen LogP contribution in [0.3, 0.4) is 0 Å². The van der Waals surface area contributed by atoms with Gasteiger partial charge >= 0.3 is 0 Å². The molecule has 2 N–H and O–H groups in total. The van der Waals surface area contributed by atoms with Crippen LogP contribution in [0.2, 0.25) is 5.02 Å². The molecule has 0 saturated heterocycles. The summed E-state index contributed by atoms with van der Waals surface area (Å²) in [6, 6.07) is 12.1. The number of nitrogens with zero attached hydrogens (tertiary/aromatic N) is 2. The Balaban J connectivity index is 1.59. The normalized spacial score (nSPS) is 10.5. The Labute approximate surface area is 167 Å². The van der Waals surface area contributed by atoms with Crippen molar-refractivity contribution in [3.05, 3.63) is 71.3 Å². The Hall–Kier alpha value is -2.64. The predicted octanol–water partition coefficient (Wildman–Crippen LogP) is 4.93. The Morgan fingerprint density at radius 2 is 1.93 bits per heavy atom. The number of thiocarbonyl (C=S) groups is 1. The average molecular weight is 405 g/mol. The van der Waals surface area contributed by atoms with Crippen LogP contribution in [-0.2, 0) is 6.54 Å². The minimum Gasteiger partial charge on any atom is -0.494 e. The molecule has 0 fully saturated rings. The number of hydrogen-bond donors (Lipinski definition) is 2. The lowest BCUT2D eigenvalue weighted by Gasteiger charge is -2.10. The molecule has 3 aromatic rings. The number of anilines is 2. The molecule has 0 spiro atoms. The van der Waals surface area contributed by atoms with Gasteiger partial charge in [0.05, 0.1) is 25.0 Å². The van der Waals surface area contributed by atoms with Gasteiger partial charge in [-0.2, -0.15) is 5.10 Å². The summed E-state index contributed by atoms with van der Waals surface area (Å²) < 4.78 is 20.9. The van der Waals surface area contributed by atoms with Crippen LogP contribution >= 0.6 is 23.8 Å². The van der Waals surface area contributed by atoms with Crippen LogP contribution in [-0.4, -0.2) is 21.5 Å². The summed E-state index contributed by atoms with van der Waals surface area (Å²) in [7, 11) is 0. The summed E-state index contributed by atoms with van der Waals surface area (Å²) >= 11 is 11.4. The van der Waals surface area contributed by atoms with Gasteiger partial charge in [0.2, 0.25) is 0 Å². The second-order valence-corrected chi connectivity index (χ2v) is 6.48. The lowest BCUT2D eigenvalue weighted by Crippen LogP contribution is -2.18. The standard InChI is InChI=1S/C19H18ClFN4OS/c1-2-26-15-8-6-13(7-9-15)23-19(27)24-14-10-22-25(11-14)12-16-17(20)4-3-5-18(16)21/h3-11H,2,12H2,1H3,(H2,23,24,27). The maximum Gasteiger partial charge on any atom is 0.175 e. The van der Waals surface area contributed by atoms with E-state index in [1.807, 2.05) is 31.2 Å². The molecule has 0 aliphatic carbocycles. The van der Waals surface area contributed by atoms with Crippen molar-refractivity contribution < 1.29 is 9.13 Å². The first-order valence-electron chi connectivity index (χ1n) is 8.31. The number of hydrogen-bond acceptors (Lipinski definition) is 3. The van der Waals surface area contributed by atoms with Gasteiger partial charge in [-0.05, 0) is 55.5 Å². The predicted molar refractivity (Wildman–Crippen MR) is 110 cm³/mol. The highest BCUT2D eigenvalue weighted by Crippen LogP contribution is 2.20. The summed E-state index contributed by atoms with van der Waals surface area (Å²) in [6.07, 6.45) is 3.34. The highest BCUT2D eigenvalue weighted by molar-refractivity contribution is 7.80. The molecule has 27 heavy (non-hydrogen) atoms. The molecule has 0 radical (unpaired) electrons. The van der Waals surface area contributed by atoms with Gasteiger partial charge in [-0.3, -0.25) is 4.68 Å². The number of nitrogens with one attached hydrogen (secondary N) is 2. The lowest BCUT2D eigenvalue weighted by molar-refractivity contribution is 0.340. The Bertz CT molecular complexity index is 909. The maximum atomic E-state index is 13.9. The molecule has 2 aromatic carbocycles. The molecule has 1 aromatic heterocycles. The first-order valence-corrected chi connectivity index (χ1v) is 9.10. The van der Waals surface area contributed by atoms with Gasteiger partial charge in [0.15, 0.2) is 5.11 Å². The number of rotatable bonds is 6. The van der Waals surface area contributed by atoms with Crippen LogP contribution in [0.1, 0.15) is 12.5 Å². The number of ether oxygens (including phenoxy) is 1. The summed E-state index contributed by atoms with van der Waals surface area (Å²) in [4.78, 5) is 0. The third-order valence-electron chi connectivity index (χ3n) is 3.70. The number of halogens is 2. The van der Waals surface area contributed by atoms with Crippen LogP contribution in [0, 0.1) is 5.82 Å². The van der Waals surface area contributed by atoms with E-state index >= 15 is 0 Å². The largest absolute Gasteiger partial charge is 0.494 e. The highest BCUT2D eigenvalue weighted by Gasteiger charge is 2.09. The van der Waals surface area contributed by atoms with Gasteiger partial charge in [0.1, 0.15) is 11.6 Å². The molecular formula is C19H18ClFN4OS. The third-order valence-corrected chi connectivity index (χ3v) is 4.25. The molecule has 140 valence electrons. The minimum absolute atomic E-state index is 0.228. The summed E-state index contributed by atoms with van der Waals surface area (Å²) in [5, 5.41) is 11.1. The minimum atomic E-state index is -0.361. The van der Waals surface area contributed by atoms with Gasteiger partial charge in [-0.15, -0.1) is 0 Å². The van der Waals surface area contributed by atoms with Crippen molar-refractivity contribution in [2.75, 3.05) is 17.2 Å². The van der Waals surface area contributed by atoms with Gasteiger partial charge in [0, 0.05) is 22.5 Å². The molecule has 0 saturated carbocycles. The molecule has 0 aliphatic rings. The fourth-order valence-electron chi connectivity index (χ4n) is 2.45. The molecule has 0 amide bonds. The van der Waals surface area contributed by atoms with E-state index in [0.717, 1.165) is 11.4 Å². The smallest absolute Gasteiger partial charge is 0.175 e. The monoisotopic (exact) mass is 404 g/mol. The van der Waals surface area contributed by atoms with E-state index in [2.05, 4.69) is 15.7 Å². The van der Waals surface area contributed by atoms with Crippen molar-refractivity contribution in [1.82, 2.24) is 9.78 Å². The van der Waals surface area contributed by atoms with E-state index in [1.165, 1.54) is 6.07 Å². The zero-order chi connectivity index (χ0) is 19.2. The van der Waals surface area contributed by atoms with Crippen molar-refractivity contribution in [2.45, 2.75) is 13.5 Å². The zero-order valence-electron chi connectivity index (χ0n) is 14.6.